The van der Waals surface area contributed by atoms with E-state index in [9.17, 15) is 13.2 Å². The molecule has 1 amide bonds. The Morgan fingerprint density at radius 2 is 1.79 bits per heavy atom. The standard InChI is InChI=1S/C21H34N4O3S/c1-6-23(7-2)12-13-24(14-17(3)4)21(26)15-25-19-11-9-8-10-18(19)22-20(25)16-29(5,27)28/h8-11,17H,6-7,12-16H2,1-5H3. The van der Waals surface area contributed by atoms with Crippen LogP contribution in [0.2, 0.25) is 0 Å². The van der Waals surface area contributed by atoms with Crippen molar-refractivity contribution in [2.45, 2.75) is 40.0 Å². The second kappa shape index (κ2) is 10.2. The van der Waals surface area contributed by atoms with Crippen molar-refractivity contribution in [2.75, 3.05) is 39.0 Å². The van der Waals surface area contributed by atoms with Crippen molar-refractivity contribution in [3.63, 3.8) is 0 Å². The average molecular weight is 423 g/mol. The van der Waals surface area contributed by atoms with Gasteiger partial charge in [0.1, 0.15) is 18.1 Å². The van der Waals surface area contributed by atoms with Gasteiger partial charge in [0.05, 0.1) is 11.0 Å². The molecule has 2 rings (SSSR count). The Labute approximate surface area is 174 Å². The van der Waals surface area contributed by atoms with E-state index < -0.39 is 9.84 Å². The Balaban J connectivity index is 2.29. The smallest absolute Gasteiger partial charge is 0.242 e. The third-order valence-electron chi connectivity index (χ3n) is 4.94. The lowest BCUT2D eigenvalue weighted by Crippen LogP contribution is -2.42. The van der Waals surface area contributed by atoms with Gasteiger partial charge in [0.25, 0.3) is 0 Å². The molecule has 1 aromatic carbocycles. The van der Waals surface area contributed by atoms with Gasteiger partial charge in [-0.25, -0.2) is 13.4 Å². The third kappa shape index (κ3) is 6.82. The van der Waals surface area contributed by atoms with E-state index in [2.05, 4.69) is 37.6 Å². The van der Waals surface area contributed by atoms with Crippen LogP contribution in [0.15, 0.2) is 24.3 Å². The van der Waals surface area contributed by atoms with Gasteiger partial charge in [-0.15, -0.1) is 0 Å². The van der Waals surface area contributed by atoms with Crippen molar-refractivity contribution >= 4 is 26.8 Å². The van der Waals surface area contributed by atoms with E-state index in [1.165, 1.54) is 6.26 Å². The number of imidazole rings is 1. The fraction of sp³-hybridized carbons (Fsp3) is 0.619. The van der Waals surface area contributed by atoms with Gasteiger partial charge in [-0.2, -0.15) is 0 Å². The maximum Gasteiger partial charge on any atom is 0.242 e. The molecule has 0 N–H and O–H groups in total. The molecule has 0 aliphatic carbocycles. The number of rotatable bonds is 11. The zero-order chi connectivity index (χ0) is 21.6. The lowest BCUT2D eigenvalue weighted by molar-refractivity contribution is -0.132. The number of fused-ring (bicyclic) bond motifs is 1. The van der Waals surface area contributed by atoms with E-state index in [4.69, 9.17) is 0 Å². The monoisotopic (exact) mass is 422 g/mol. The lowest BCUT2D eigenvalue weighted by Gasteiger charge is -2.28. The van der Waals surface area contributed by atoms with Crippen LogP contribution < -0.4 is 0 Å². The summed E-state index contributed by atoms with van der Waals surface area (Å²) in [5, 5.41) is 0. The van der Waals surface area contributed by atoms with Gasteiger partial charge in [-0.05, 0) is 31.1 Å². The van der Waals surface area contributed by atoms with Crippen LogP contribution in [0.4, 0.5) is 0 Å². The fourth-order valence-electron chi connectivity index (χ4n) is 3.44. The van der Waals surface area contributed by atoms with Crippen LogP contribution >= 0.6 is 0 Å². The van der Waals surface area contributed by atoms with Crippen LogP contribution in [0.3, 0.4) is 0 Å². The summed E-state index contributed by atoms with van der Waals surface area (Å²) in [5.41, 5.74) is 1.49. The van der Waals surface area contributed by atoms with E-state index in [0.717, 1.165) is 25.2 Å². The minimum absolute atomic E-state index is 0.0104. The Hall–Kier alpha value is -1.93. The van der Waals surface area contributed by atoms with Gasteiger partial charge >= 0.3 is 0 Å². The molecule has 2 aromatic rings. The van der Waals surface area contributed by atoms with Gasteiger partial charge < -0.3 is 14.4 Å². The van der Waals surface area contributed by atoms with Crippen LogP contribution in [0.25, 0.3) is 11.0 Å². The molecule has 0 aliphatic heterocycles. The number of para-hydroxylation sites is 2. The fourth-order valence-corrected chi connectivity index (χ4v) is 4.13. The number of sulfone groups is 1. The Bertz CT molecular complexity index is 917. The van der Waals surface area contributed by atoms with E-state index in [1.807, 2.05) is 29.2 Å². The number of hydrogen-bond donors (Lipinski definition) is 0. The van der Waals surface area contributed by atoms with Crippen LogP contribution in [0.1, 0.15) is 33.5 Å². The maximum atomic E-state index is 13.2. The summed E-state index contributed by atoms with van der Waals surface area (Å²) in [5.74, 6) is 0.572. The molecular weight excluding hydrogens is 388 g/mol. The normalized spacial score (nSPS) is 12.2. The van der Waals surface area contributed by atoms with Gasteiger partial charge in [-0.1, -0.05) is 39.8 Å². The molecule has 0 spiro atoms. The number of likely N-dealkylation sites (N-methyl/N-ethyl adjacent to an activating group) is 1. The molecule has 0 saturated carbocycles. The largest absolute Gasteiger partial charge is 0.340 e. The van der Waals surface area contributed by atoms with Crippen molar-refractivity contribution in [1.29, 1.82) is 0 Å². The number of amides is 1. The molecule has 0 atom stereocenters. The van der Waals surface area contributed by atoms with Crippen molar-refractivity contribution in [3.8, 4) is 0 Å². The average Bonchev–Trinajstić information content (AvgIpc) is 2.96. The summed E-state index contributed by atoms with van der Waals surface area (Å²) in [4.78, 5) is 21.9. The molecule has 0 saturated heterocycles. The highest BCUT2D eigenvalue weighted by Gasteiger charge is 2.21. The van der Waals surface area contributed by atoms with E-state index in [0.29, 0.717) is 30.3 Å². The first-order valence-electron chi connectivity index (χ1n) is 10.3. The summed E-state index contributed by atoms with van der Waals surface area (Å²) >= 11 is 0. The lowest BCUT2D eigenvalue weighted by atomic mass is 10.2. The number of carbonyl (C=O) groups excluding carboxylic acids is 1. The topological polar surface area (TPSA) is 75.5 Å². The molecule has 162 valence electrons. The van der Waals surface area contributed by atoms with Gasteiger partial charge in [0.15, 0.2) is 9.84 Å². The summed E-state index contributed by atoms with van der Waals surface area (Å²) in [6.45, 7) is 12.6. The number of benzene rings is 1. The second-order valence-electron chi connectivity index (χ2n) is 7.93. The van der Waals surface area contributed by atoms with Crippen LogP contribution in [-0.4, -0.2) is 72.7 Å². The zero-order valence-electron chi connectivity index (χ0n) is 18.3. The molecule has 7 nitrogen and oxygen atoms in total. The molecule has 0 radical (unpaired) electrons. The highest BCUT2D eigenvalue weighted by atomic mass is 32.2. The van der Waals surface area contributed by atoms with E-state index in [1.54, 1.807) is 4.57 Å². The number of carbonyl (C=O) groups is 1. The second-order valence-corrected chi connectivity index (χ2v) is 10.1. The van der Waals surface area contributed by atoms with Crippen molar-refractivity contribution < 1.29 is 13.2 Å². The Morgan fingerprint density at radius 1 is 1.14 bits per heavy atom. The first kappa shape index (κ1) is 23.3. The first-order valence-corrected chi connectivity index (χ1v) is 12.3. The van der Waals surface area contributed by atoms with E-state index in [-0.39, 0.29) is 18.2 Å². The van der Waals surface area contributed by atoms with Gasteiger partial charge in [0.2, 0.25) is 5.91 Å². The molecule has 8 heteroatoms. The molecule has 1 heterocycles. The van der Waals surface area contributed by atoms with Gasteiger partial charge in [0, 0.05) is 25.9 Å². The predicted molar refractivity (Wildman–Crippen MR) is 117 cm³/mol. The molecule has 0 bridgehead atoms. The third-order valence-corrected chi connectivity index (χ3v) is 5.72. The number of aromatic nitrogens is 2. The summed E-state index contributed by atoms with van der Waals surface area (Å²) < 4.78 is 25.5. The summed E-state index contributed by atoms with van der Waals surface area (Å²) in [6.07, 6.45) is 1.19. The highest BCUT2D eigenvalue weighted by molar-refractivity contribution is 7.89. The van der Waals surface area contributed by atoms with Gasteiger partial charge in [-0.3, -0.25) is 4.79 Å². The van der Waals surface area contributed by atoms with Crippen LogP contribution in [-0.2, 0) is 26.9 Å². The van der Waals surface area contributed by atoms with Crippen molar-refractivity contribution in [3.05, 3.63) is 30.1 Å². The van der Waals surface area contributed by atoms with Crippen molar-refractivity contribution in [1.82, 2.24) is 19.4 Å². The SMILES string of the molecule is CCN(CC)CCN(CC(C)C)C(=O)Cn1c(CS(C)(=O)=O)nc2ccccc21. The molecule has 0 fully saturated rings. The summed E-state index contributed by atoms with van der Waals surface area (Å²) in [6, 6.07) is 7.46. The minimum atomic E-state index is -3.27. The highest BCUT2D eigenvalue weighted by Crippen LogP contribution is 2.18. The number of hydrogen-bond acceptors (Lipinski definition) is 5. The van der Waals surface area contributed by atoms with Crippen molar-refractivity contribution in [2.24, 2.45) is 5.92 Å². The summed E-state index contributed by atoms with van der Waals surface area (Å²) in [7, 11) is -3.27. The quantitative estimate of drug-likeness (QED) is 0.556. The zero-order valence-corrected chi connectivity index (χ0v) is 19.1. The van der Waals surface area contributed by atoms with Crippen LogP contribution in [0.5, 0.6) is 0 Å². The Kier molecular flexibility index (Phi) is 8.22. The van der Waals surface area contributed by atoms with E-state index >= 15 is 0 Å². The molecular formula is C21H34N4O3S. The molecule has 0 aliphatic rings. The minimum Gasteiger partial charge on any atom is -0.340 e. The molecule has 29 heavy (non-hydrogen) atoms. The first-order chi connectivity index (χ1) is 13.6. The predicted octanol–water partition coefficient (Wildman–Crippen LogP) is 2.41. The van der Waals surface area contributed by atoms with Crippen LogP contribution in [0, 0.1) is 5.92 Å². The number of nitrogens with zero attached hydrogens (tertiary/aromatic N) is 4. The molecule has 0 unspecified atom stereocenters. The maximum absolute atomic E-state index is 13.2. The molecule has 1 aromatic heterocycles. The Morgan fingerprint density at radius 3 is 2.38 bits per heavy atom.